The Bertz CT molecular complexity index is 1200. The van der Waals surface area contributed by atoms with Crippen molar-refractivity contribution in [1.29, 1.82) is 5.41 Å². The molecule has 3 aromatic rings. The molecule has 0 radical (unpaired) electrons. The zero-order valence-electron chi connectivity index (χ0n) is 21.2. The minimum absolute atomic E-state index is 0.231. The van der Waals surface area contributed by atoms with Gasteiger partial charge in [-0.25, -0.2) is 0 Å². The fourth-order valence-electron chi connectivity index (χ4n) is 3.56. The largest absolute Gasteiger partial charge is 0.486 e. The molecule has 7 nitrogen and oxygen atoms in total. The normalized spacial score (nSPS) is 14.1. The summed E-state index contributed by atoms with van der Waals surface area (Å²) in [6.07, 6.45) is 7.28. The zero-order valence-corrected chi connectivity index (χ0v) is 23.6. The summed E-state index contributed by atoms with van der Waals surface area (Å²) in [4.78, 5) is 6.21. The van der Waals surface area contributed by atoms with Crippen molar-refractivity contribution in [3.63, 3.8) is 0 Å². The highest BCUT2D eigenvalue weighted by atomic mass is 35.5. The van der Waals surface area contributed by atoms with Gasteiger partial charge in [-0.05, 0) is 49.4 Å². The van der Waals surface area contributed by atoms with Gasteiger partial charge in [-0.15, -0.1) is 10.2 Å². The van der Waals surface area contributed by atoms with Crippen molar-refractivity contribution in [2.24, 2.45) is 0 Å². The van der Waals surface area contributed by atoms with E-state index < -0.39 is 6.10 Å². The van der Waals surface area contributed by atoms with Gasteiger partial charge in [-0.2, -0.15) is 11.8 Å². The van der Waals surface area contributed by atoms with Crippen LogP contribution in [0, 0.1) is 5.41 Å². The van der Waals surface area contributed by atoms with Crippen LogP contribution in [0.15, 0.2) is 48.8 Å². The van der Waals surface area contributed by atoms with E-state index >= 15 is 0 Å². The minimum atomic E-state index is -0.420. The van der Waals surface area contributed by atoms with Gasteiger partial charge < -0.3 is 20.8 Å². The van der Waals surface area contributed by atoms with E-state index in [1.54, 1.807) is 30.4 Å². The molecule has 37 heavy (non-hydrogen) atoms. The van der Waals surface area contributed by atoms with Crippen molar-refractivity contribution < 1.29 is 4.74 Å². The summed E-state index contributed by atoms with van der Waals surface area (Å²) < 4.78 is 6.04. The number of nitrogens with zero attached hydrogens (tertiary/aromatic N) is 4. The molecule has 0 amide bonds. The molecule has 1 aliphatic heterocycles. The van der Waals surface area contributed by atoms with Crippen molar-refractivity contribution in [3.05, 3.63) is 75.7 Å². The fraction of sp³-hybridized carbons (Fsp3) is 0.333. The molecule has 1 aliphatic rings. The van der Waals surface area contributed by atoms with Gasteiger partial charge >= 0.3 is 0 Å². The molecule has 3 heterocycles. The van der Waals surface area contributed by atoms with Gasteiger partial charge in [0, 0.05) is 53.8 Å². The van der Waals surface area contributed by atoms with Crippen molar-refractivity contribution in [3.8, 4) is 5.75 Å². The van der Waals surface area contributed by atoms with Gasteiger partial charge in [0.2, 0.25) is 0 Å². The molecule has 0 spiro atoms. The second-order valence-corrected chi connectivity index (χ2v) is 10.4. The van der Waals surface area contributed by atoms with E-state index in [-0.39, 0.29) is 5.71 Å². The van der Waals surface area contributed by atoms with Gasteiger partial charge in [-0.1, -0.05) is 43.5 Å². The van der Waals surface area contributed by atoms with E-state index in [1.165, 1.54) is 18.8 Å². The summed E-state index contributed by atoms with van der Waals surface area (Å²) in [5, 5.41) is 18.0. The zero-order chi connectivity index (χ0) is 26.8. The molecule has 1 fully saturated rings. The number of halogens is 2. The number of rotatable bonds is 7. The third-order valence-electron chi connectivity index (χ3n) is 5.35. The Morgan fingerprint density at radius 2 is 1.81 bits per heavy atom. The second-order valence-electron chi connectivity index (χ2n) is 8.40. The average molecular weight is 560 g/mol. The summed E-state index contributed by atoms with van der Waals surface area (Å²) in [5.74, 6) is 3.63. The van der Waals surface area contributed by atoms with Gasteiger partial charge in [0.25, 0.3) is 0 Å². The number of aromatic nitrogens is 3. The van der Waals surface area contributed by atoms with E-state index in [0.717, 1.165) is 30.4 Å². The average Bonchev–Trinajstić information content (AvgIpc) is 2.89. The fourth-order valence-corrected chi connectivity index (χ4v) is 5.13. The highest BCUT2D eigenvalue weighted by Crippen LogP contribution is 2.33. The maximum Gasteiger partial charge on any atom is 0.151 e. The number of hydrogen-bond acceptors (Lipinski definition) is 8. The number of benzene rings is 1. The predicted molar refractivity (Wildman–Crippen MR) is 158 cm³/mol. The van der Waals surface area contributed by atoms with Crippen molar-refractivity contribution in [1.82, 2.24) is 15.2 Å². The Kier molecular flexibility index (Phi) is 11.0. The van der Waals surface area contributed by atoms with E-state index in [0.29, 0.717) is 38.3 Å². The first-order valence-electron chi connectivity index (χ1n) is 12.1. The van der Waals surface area contributed by atoms with Gasteiger partial charge in [0.15, 0.2) is 5.82 Å². The number of nitrogen functional groups attached to an aromatic ring is 1. The summed E-state index contributed by atoms with van der Waals surface area (Å²) in [7, 11) is 0. The van der Waals surface area contributed by atoms with Crippen LogP contribution in [0.3, 0.4) is 0 Å². The lowest BCUT2D eigenvalue weighted by Crippen LogP contribution is -2.33. The Morgan fingerprint density at radius 3 is 2.43 bits per heavy atom. The molecule has 0 saturated carbocycles. The Balaban J connectivity index is 0.00000121. The summed E-state index contributed by atoms with van der Waals surface area (Å²) in [6, 6.07) is 9.05. The number of nitrogens with one attached hydrogen (secondary N) is 1. The first-order chi connectivity index (χ1) is 17.8. The topological polar surface area (TPSA) is 101 Å². The maximum atomic E-state index is 8.50. The highest BCUT2D eigenvalue weighted by molar-refractivity contribution is 7.99. The van der Waals surface area contributed by atoms with Gasteiger partial charge in [0.1, 0.15) is 11.9 Å². The van der Waals surface area contributed by atoms with Gasteiger partial charge in [-0.3, -0.25) is 4.98 Å². The number of anilines is 2. The summed E-state index contributed by atoms with van der Waals surface area (Å²) in [5.41, 5.74) is 8.70. The van der Waals surface area contributed by atoms with Crippen LogP contribution < -0.4 is 15.4 Å². The molecule has 2 aromatic heterocycles. The number of nitrogens with two attached hydrogens (primary N) is 1. The molecule has 0 aliphatic carbocycles. The molecular formula is C27H32Cl2N6OS. The minimum Gasteiger partial charge on any atom is -0.486 e. The summed E-state index contributed by atoms with van der Waals surface area (Å²) >= 11 is 14.4. The molecule has 196 valence electrons. The van der Waals surface area contributed by atoms with E-state index in [2.05, 4.69) is 33.9 Å². The lowest BCUT2D eigenvalue weighted by atomic mass is 10.1. The Morgan fingerprint density at radius 1 is 1.14 bits per heavy atom. The molecule has 3 N–H and O–H groups in total. The quantitative estimate of drug-likeness (QED) is 0.239. The second kappa shape index (κ2) is 14.2. The number of pyridine rings is 1. The van der Waals surface area contributed by atoms with Crippen LogP contribution in [-0.4, -0.2) is 45.5 Å². The summed E-state index contributed by atoms with van der Waals surface area (Å²) in [6.45, 7) is 8.06. The maximum absolute atomic E-state index is 8.50. The molecule has 1 unspecified atom stereocenters. The van der Waals surface area contributed by atoms with Crippen LogP contribution in [-0.2, 0) is 0 Å². The number of ether oxygens (including phenoxy) is 1. The third-order valence-corrected chi connectivity index (χ3v) is 6.90. The van der Waals surface area contributed by atoms with Crippen LogP contribution in [0.25, 0.3) is 6.08 Å². The van der Waals surface area contributed by atoms with E-state index in [4.69, 9.17) is 39.1 Å². The first kappa shape index (κ1) is 28.8. The first-order valence-corrected chi connectivity index (χ1v) is 14.0. The molecular weight excluding hydrogens is 527 g/mol. The number of allylic oxidation sites excluding steroid dienone is 1. The number of thioether (sulfide) groups is 1. The monoisotopic (exact) mass is 558 g/mol. The lowest BCUT2D eigenvalue weighted by Gasteiger charge is -2.26. The molecule has 4 rings (SSSR count). The third kappa shape index (κ3) is 8.09. The molecule has 10 heteroatoms. The standard InChI is InChI=1S/C24H24Cl2N6OS.C3H8/c1-15(24-19(25)13-29-14-20(24)26)33-17-4-6-22(28)18(12-17)21(27)5-2-16-3-7-23(31-30-16)32-8-10-34-11-9-32;1-3-2/h2-7,12-15,27H,8-11,28H2,1H3;3H2,1-2H3/b5-2+,27-21?;. The SMILES string of the molecule is CC(Oc1ccc(N)c(C(=N)/C=C/c2ccc(N3CCSCC3)nn2)c1)c1c(Cl)cncc1Cl.CCC. The Hall–Kier alpha value is -2.81. The van der Waals surface area contributed by atoms with Crippen LogP contribution in [0.2, 0.25) is 10.0 Å². The van der Waals surface area contributed by atoms with Crippen LogP contribution in [0.1, 0.15) is 50.1 Å². The molecule has 1 saturated heterocycles. The lowest BCUT2D eigenvalue weighted by molar-refractivity contribution is 0.227. The van der Waals surface area contributed by atoms with Crippen LogP contribution in [0.4, 0.5) is 11.5 Å². The predicted octanol–water partition coefficient (Wildman–Crippen LogP) is 6.95. The smallest absolute Gasteiger partial charge is 0.151 e. The van der Waals surface area contributed by atoms with E-state index in [9.17, 15) is 0 Å². The van der Waals surface area contributed by atoms with Crippen molar-refractivity contribution in [2.75, 3.05) is 35.2 Å². The van der Waals surface area contributed by atoms with Crippen LogP contribution >= 0.6 is 35.0 Å². The van der Waals surface area contributed by atoms with E-state index in [1.807, 2.05) is 30.8 Å². The molecule has 0 bridgehead atoms. The number of hydrogen-bond donors (Lipinski definition) is 2. The molecule has 1 aromatic carbocycles. The van der Waals surface area contributed by atoms with Gasteiger partial charge in [0.05, 0.1) is 21.5 Å². The Labute approximate surface area is 232 Å². The van der Waals surface area contributed by atoms with Crippen LogP contribution in [0.5, 0.6) is 5.75 Å². The van der Waals surface area contributed by atoms with Crippen molar-refractivity contribution >= 4 is 58.3 Å². The van der Waals surface area contributed by atoms with Crippen molar-refractivity contribution in [2.45, 2.75) is 33.3 Å². The molecule has 1 atom stereocenters. The highest BCUT2D eigenvalue weighted by Gasteiger charge is 2.17.